The number of nitrogens with one attached hydrogen (secondary N) is 2. The van der Waals surface area contributed by atoms with Crippen molar-refractivity contribution in [1.29, 1.82) is 0 Å². The van der Waals surface area contributed by atoms with E-state index < -0.39 is 15.9 Å². The van der Waals surface area contributed by atoms with Crippen molar-refractivity contribution >= 4 is 27.3 Å². The Balaban J connectivity index is 1.69. The van der Waals surface area contributed by atoms with Crippen molar-refractivity contribution in [1.82, 2.24) is 0 Å². The molecule has 0 aromatic heterocycles. The minimum Gasteiger partial charge on any atom is -0.497 e. The smallest absolute Gasteiger partial charge is 0.265 e. The van der Waals surface area contributed by atoms with E-state index in [0.717, 1.165) is 5.56 Å². The zero-order chi connectivity index (χ0) is 22.2. The molecule has 31 heavy (non-hydrogen) atoms. The van der Waals surface area contributed by atoms with E-state index in [1.54, 1.807) is 24.3 Å². The van der Waals surface area contributed by atoms with Crippen LogP contribution in [-0.2, 0) is 10.0 Å². The average Bonchev–Trinajstić information content (AvgIpc) is 2.88. The average molecular weight is 440 g/mol. The maximum Gasteiger partial charge on any atom is 0.265 e. The molecule has 0 bridgehead atoms. The number of fused-ring (bicyclic) bond motifs is 2. The lowest BCUT2D eigenvalue weighted by Crippen LogP contribution is -2.15. The topological polar surface area (TPSA) is 103 Å². The molecule has 1 heterocycles. The molecule has 0 aliphatic carbocycles. The SMILES string of the molecule is COc1ccc(OC)c(S(=O)(=O)Nc2ccc3c(c2)C(=O)Nc2cc(C)ccc2O3)c1. The summed E-state index contributed by atoms with van der Waals surface area (Å²) in [5.41, 5.74) is 1.91. The van der Waals surface area contributed by atoms with Crippen molar-refractivity contribution < 1.29 is 27.4 Å². The Morgan fingerprint density at radius 1 is 0.935 bits per heavy atom. The third-order valence-corrected chi connectivity index (χ3v) is 6.14. The van der Waals surface area contributed by atoms with E-state index in [4.69, 9.17) is 14.2 Å². The van der Waals surface area contributed by atoms with Gasteiger partial charge in [0.25, 0.3) is 15.9 Å². The quantitative estimate of drug-likeness (QED) is 0.617. The maximum absolute atomic E-state index is 13.0. The number of amides is 1. The summed E-state index contributed by atoms with van der Waals surface area (Å²) in [6, 6.07) is 14.4. The summed E-state index contributed by atoms with van der Waals surface area (Å²) in [4.78, 5) is 12.7. The van der Waals surface area contributed by atoms with Crippen LogP contribution in [0.3, 0.4) is 0 Å². The molecule has 0 radical (unpaired) electrons. The molecular weight excluding hydrogens is 420 g/mol. The Hall–Kier alpha value is -3.72. The number of carbonyl (C=O) groups excluding carboxylic acids is 1. The second-order valence-electron chi connectivity index (χ2n) is 6.89. The number of benzene rings is 3. The molecular formula is C22H20N2O6S. The number of anilines is 2. The zero-order valence-corrected chi connectivity index (χ0v) is 17.9. The highest BCUT2D eigenvalue weighted by molar-refractivity contribution is 7.92. The lowest BCUT2D eigenvalue weighted by molar-refractivity contribution is 0.102. The molecule has 160 valence electrons. The number of methoxy groups -OCH3 is 2. The summed E-state index contributed by atoms with van der Waals surface area (Å²) in [7, 11) is -1.21. The van der Waals surface area contributed by atoms with Crippen LogP contribution in [0.15, 0.2) is 59.5 Å². The van der Waals surface area contributed by atoms with Gasteiger partial charge in [-0.05, 0) is 55.0 Å². The first-order chi connectivity index (χ1) is 14.8. The monoisotopic (exact) mass is 440 g/mol. The van der Waals surface area contributed by atoms with Gasteiger partial charge in [-0.3, -0.25) is 9.52 Å². The second kappa shape index (κ2) is 7.84. The number of hydrogen-bond donors (Lipinski definition) is 2. The fourth-order valence-electron chi connectivity index (χ4n) is 3.20. The first-order valence-electron chi connectivity index (χ1n) is 9.29. The highest BCUT2D eigenvalue weighted by Gasteiger charge is 2.24. The van der Waals surface area contributed by atoms with E-state index in [1.165, 1.54) is 38.5 Å². The van der Waals surface area contributed by atoms with Gasteiger partial charge >= 0.3 is 0 Å². The number of sulfonamides is 1. The molecule has 4 rings (SSSR count). The fourth-order valence-corrected chi connectivity index (χ4v) is 4.44. The van der Waals surface area contributed by atoms with Gasteiger partial charge < -0.3 is 19.5 Å². The summed E-state index contributed by atoms with van der Waals surface area (Å²) < 4.78 is 44.7. The van der Waals surface area contributed by atoms with Gasteiger partial charge in [0.1, 0.15) is 22.1 Å². The highest BCUT2D eigenvalue weighted by Crippen LogP contribution is 2.37. The minimum absolute atomic E-state index is 0.0899. The predicted octanol–water partition coefficient (Wildman–Crippen LogP) is 4.17. The Kier molecular flexibility index (Phi) is 5.20. The van der Waals surface area contributed by atoms with Gasteiger partial charge in [0, 0.05) is 11.8 Å². The molecule has 3 aromatic rings. The zero-order valence-electron chi connectivity index (χ0n) is 17.1. The van der Waals surface area contributed by atoms with Crippen LogP contribution in [0.2, 0.25) is 0 Å². The first-order valence-corrected chi connectivity index (χ1v) is 10.8. The lowest BCUT2D eigenvalue weighted by Gasteiger charge is -2.14. The second-order valence-corrected chi connectivity index (χ2v) is 8.54. The predicted molar refractivity (Wildman–Crippen MR) is 116 cm³/mol. The van der Waals surface area contributed by atoms with Crippen LogP contribution < -0.4 is 24.2 Å². The molecule has 0 spiro atoms. The van der Waals surface area contributed by atoms with E-state index in [0.29, 0.717) is 22.9 Å². The van der Waals surface area contributed by atoms with E-state index in [2.05, 4.69) is 10.0 Å². The molecule has 1 aliphatic rings. The molecule has 0 atom stereocenters. The Labute approximate surface area is 179 Å². The van der Waals surface area contributed by atoms with Gasteiger partial charge in [0.15, 0.2) is 5.75 Å². The molecule has 1 amide bonds. The summed E-state index contributed by atoms with van der Waals surface area (Å²) in [6.45, 7) is 1.91. The van der Waals surface area contributed by atoms with Gasteiger partial charge in [-0.1, -0.05) is 6.07 Å². The number of hydrogen-bond acceptors (Lipinski definition) is 6. The Morgan fingerprint density at radius 3 is 2.45 bits per heavy atom. The standard InChI is InChI=1S/C22H20N2O6S/c1-13-4-7-19-17(10-13)23-22(25)16-11-14(5-8-18(16)30-19)24-31(26,27)21-12-15(28-2)6-9-20(21)29-3/h4-12,24H,1-3H3,(H,23,25). The first kappa shape index (κ1) is 20.5. The van der Waals surface area contributed by atoms with Crippen molar-refractivity contribution in [3.8, 4) is 23.0 Å². The van der Waals surface area contributed by atoms with Gasteiger partial charge in [0.05, 0.1) is 25.5 Å². The number of rotatable bonds is 5. The van der Waals surface area contributed by atoms with E-state index in [1.807, 2.05) is 13.0 Å². The van der Waals surface area contributed by atoms with E-state index in [-0.39, 0.29) is 21.9 Å². The molecule has 8 nitrogen and oxygen atoms in total. The van der Waals surface area contributed by atoms with Gasteiger partial charge in [-0.15, -0.1) is 0 Å². The van der Waals surface area contributed by atoms with Crippen molar-refractivity contribution in [3.63, 3.8) is 0 Å². The molecule has 2 N–H and O–H groups in total. The van der Waals surface area contributed by atoms with Crippen LogP contribution in [0, 0.1) is 6.92 Å². The van der Waals surface area contributed by atoms with Crippen molar-refractivity contribution in [3.05, 3.63) is 65.7 Å². The number of carbonyl (C=O) groups is 1. The highest BCUT2D eigenvalue weighted by atomic mass is 32.2. The van der Waals surface area contributed by atoms with Crippen LogP contribution in [0.25, 0.3) is 0 Å². The summed E-state index contributed by atoms with van der Waals surface area (Å²) >= 11 is 0. The summed E-state index contributed by atoms with van der Waals surface area (Å²) in [6.07, 6.45) is 0. The maximum atomic E-state index is 13.0. The lowest BCUT2D eigenvalue weighted by atomic mass is 10.1. The Bertz CT molecular complexity index is 1290. The number of ether oxygens (including phenoxy) is 3. The number of aryl methyl sites for hydroxylation is 1. The molecule has 1 aliphatic heterocycles. The summed E-state index contributed by atoms with van der Waals surface area (Å²) in [5, 5.41) is 2.80. The normalized spacial score (nSPS) is 12.5. The van der Waals surface area contributed by atoms with Crippen LogP contribution >= 0.6 is 0 Å². The van der Waals surface area contributed by atoms with Gasteiger partial charge in [-0.2, -0.15) is 0 Å². The largest absolute Gasteiger partial charge is 0.497 e. The Morgan fingerprint density at radius 2 is 1.71 bits per heavy atom. The molecule has 3 aromatic carbocycles. The van der Waals surface area contributed by atoms with Gasteiger partial charge in [-0.25, -0.2) is 8.42 Å². The van der Waals surface area contributed by atoms with Crippen molar-refractivity contribution in [2.24, 2.45) is 0 Å². The van der Waals surface area contributed by atoms with E-state index >= 15 is 0 Å². The summed E-state index contributed by atoms with van der Waals surface area (Å²) in [5.74, 6) is 0.951. The fraction of sp³-hybridized carbons (Fsp3) is 0.136. The van der Waals surface area contributed by atoms with Gasteiger partial charge in [0.2, 0.25) is 0 Å². The van der Waals surface area contributed by atoms with Crippen LogP contribution in [0.1, 0.15) is 15.9 Å². The van der Waals surface area contributed by atoms with Crippen LogP contribution in [0.5, 0.6) is 23.0 Å². The molecule has 0 saturated heterocycles. The molecule has 0 saturated carbocycles. The van der Waals surface area contributed by atoms with E-state index in [9.17, 15) is 13.2 Å². The molecule has 9 heteroatoms. The van der Waals surface area contributed by atoms with Crippen LogP contribution in [0.4, 0.5) is 11.4 Å². The third-order valence-electron chi connectivity index (χ3n) is 4.74. The molecule has 0 unspecified atom stereocenters. The third kappa shape index (κ3) is 3.99. The van der Waals surface area contributed by atoms with Crippen molar-refractivity contribution in [2.45, 2.75) is 11.8 Å². The molecule has 0 fully saturated rings. The van der Waals surface area contributed by atoms with Crippen molar-refractivity contribution in [2.75, 3.05) is 24.3 Å². The van der Waals surface area contributed by atoms with Crippen LogP contribution in [-0.4, -0.2) is 28.5 Å². The minimum atomic E-state index is -4.03.